The Morgan fingerprint density at radius 2 is 1.71 bits per heavy atom. The molecule has 0 bridgehead atoms. The largest absolute Gasteiger partial charge is 0.352 e. The van der Waals surface area contributed by atoms with E-state index >= 15 is 0 Å². The van der Waals surface area contributed by atoms with Gasteiger partial charge in [-0.2, -0.15) is 4.31 Å². The Kier molecular flexibility index (Phi) is 5.88. The Bertz CT molecular complexity index is 1120. The fourth-order valence-electron chi connectivity index (χ4n) is 3.26. The molecule has 3 aromatic rings. The summed E-state index contributed by atoms with van der Waals surface area (Å²) in [5.41, 5.74) is 1.08. The van der Waals surface area contributed by atoms with E-state index < -0.39 is 10.0 Å². The van der Waals surface area contributed by atoms with Gasteiger partial charge in [-0.15, -0.1) is 10.2 Å². The number of aromatic nitrogens is 5. The molecule has 0 amide bonds. The lowest BCUT2D eigenvalue weighted by atomic mass is 10.3. The van der Waals surface area contributed by atoms with Crippen LogP contribution in [0, 0.1) is 6.92 Å². The van der Waals surface area contributed by atoms with Crippen molar-refractivity contribution in [2.75, 3.05) is 36.4 Å². The van der Waals surface area contributed by atoms with E-state index in [9.17, 15) is 8.42 Å². The van der Waals surface area contributed by atoms with Crippen molar-refractivity contribution in [2.24, 2.45) is 0 Å². The van der Waals surface area contributed by atoms with Gasteiger partial charge in [0.15, 0.2) is 16.7 Å². The first-order valence-corrected chi connectivity index (χ1v) is 11.6. The van der Waals surface area contributed by atoms with Crippen LogP contribution in [-0.2, 0) is 10.0 Å². The van der Waals surface area contributed by atoms with Gasteiger partial charge in [0.1, 0.15) is 5.82 Å². The van der Waals surface area contributed by atoms with E-state index in [-0.39, 0.29) is 11.1 Å². The van der Waals surface area contributed by atoms with Crippen LogP contribution in [0.3, 0.4) is 0 Å². The van der Waals surface area contributed by atoms with Gasteiger partial charge in [0.25, 0.3) is 10.0 Å². The average molecular weight is 443 g/mol. The van der Waals surface area contributed by atoms with Crippen LogP contribution in [0.4, 0.5) is 17.5 Å². The normalized spacial score (nSPS) is 15.4. The Morgan fingerprint density at radius 3 is 2.29 bits per heavy atom. The van der Waals surface area contributed by atoms with Crippen LogP contribution in [-0.4, -0.2) is 63.6 Å². The molecule has 0 radical (unpaired) electrons. The number of aryl methyl sites for hydroxylation is 1. The smallest absolute Gasteiger partial charge is 0.262 e. The molecule has 4 rings (SSSR count). The summed E-state index contributed by atoms with van der Waals surface area (Å²) in [5.74, 6) is 2.01. The number of nitrogens with one attached hydrogen (secondary N) is 1. The van der Waals surface area contributed by atoms with Crippen molar-refractivity contribution in [3.8, 4) is 0 Å². The summed E-state index contributed by atoms with van der Waals surface area (Å²) in [6, 6.07) is 7.72. The number of piperazine rings is 1. The Labute approximate surface area is 182 Å². The van der Waals surface area contributed by atoms with Crippen LogP contribution in [0.5, 0.6) is 0 Å². The zero-order chi connectivity index (χ0) is 22.0. The number of imidazole rings is 1. The zero-order valence-corrected chi connectivity index (χ0v) is 18.6. The van der Waals surface area contributed by atoms with Gasteiger partial charge in [0.05, 0.1) is 6.33 Å². The molecular formula is C20H26N8O2S. The van der Waals surface area contributed by atoms with Gasteiger partial charge in [-0.05, 0) is 44.5 Å². The molecule has 164 valence electrons. The van der Waals surface area contributed by atoms with Crippen molar-refractivity contribution in [3.63, 3.8) is 0 Å². The fraction of sp³-hybridized carbons (Fsp3) is 0.400. The minimum Gasteiger partial charge on any atom is -0.352 e. The highest BCUT2D eigenvalue weighted by molar-refractivity contribution is 7.89. The summed E-state index contributed by atoms with van der Waals surface area (Å²) < 4.78 is 29.1. The van der Waals surface area contributed by atoms with Crippen molar-refractivity contribution in [3.05, 3.63) is 48.5 Å². The molecule has 0 unspecified atom stereocenters. The number of hydrogen-bond acceptors (Lipinski definition) is 8. The lowest BCUT2D eigenvalue weighted by Gasteiger charge is -2.34. The minimum absolute atomic E-state index is 0.0922. The predicted octanol–water partition coefficient (Wildman–Crippen LogP) is 2.21. The number of hydrogen-bond donors (Lipinski definition) is 1. The number of sulfonamides is 1. The first-order chi connectivity index (χ1) is 14.8. The van der Waals surface area contributed by atoms with Gasteiger partial charge in [-0.1, -0.05) is 6.07 Å². The predicted molar refractivity (Wildman–Crippen MR) is 118 cm³/mol. The van der Waals surface area contributed by atoms with Crippen LogP contribution < -0.4 is 10.2 Å². The second kappa shape index (κ2) is 8.60. The third-order valence-corrected chi connectivity index (χ3v) is 6.94. The lowest BCUT2D eigenvalue weighted by Crippen LogP contribution is -2.49. The third kappa shape index (κ3) is 4.67. The SMILES string of the molecule is Cc1ccc(Nc2ccc(N3CCN(S(=O)(=O)c4cn(C(C)C)cn4)CC3)nn2)nc1. The van der Waals surface area contributed by atoms with Crippen LogP contribution in [0.1, 0.15) is 25.5 Å². The average Bonchev–Trinajstić information content (AvgIpc) is 3.28. The molecular weight excluding hydrogens is 416 g/mol. The molecule has 1 fully saturated rings. The van der Waals surface area contributed by atoms with E-state index in [0.29, 0.717) is 43.6 Å². The maximum Gasteiger partial charge on any atom is 0.262 e. The molecule has 0 saturated carbocycles. The number of anilines is 3. The molecule has 10 nitrogen and oxygen atoms in total. The monoisotopic (exact) mass is 442 g/mol. The summed E-state index contributed by atoms with van der Waals surface area (Å²) in [4.78, 5) is 10.4. The molecule has 0 aliphatic carbocycles. The number of rotatable bonds is 6. The maximum absolute atomic E-state index is 12.9. The van der Waals surface area contributed by atoms with Crippen molar-refractivity contribution in [2.45, 2.75) is 31.8 Å². The second-order valence-electron chi connectivity index (χ2n) is 7.77. The summed E-state index contributed by atoms with van der Waals surface area (Å²) in [6.07, 6.45) is 4.93. The fourth-order valence-corrected chi connectivity index (χ4v) is 4.60. The van der Waals surface area contributed by atoms with Crippen LogP contribution in [0.2, 0.25) is 0 Å². The van der Waals surface area contributed by atoms with Gasteiger partial charge < -0.3 is 14.8 Å². The van der Waals surface area contributed by atoms with E-state index in [1.165, 1.54) is 4.31 Å². The van der Waals surface area contributed by atoms with E-state index in [0.717, 1.165) is 5.56 Å². The van der Waals surface area contributed by atoms with Gasteiger partial charge in [0.2, 0.25) is 0 Å². The molecule has 1 saturated heterocycles. The third-order valence-electron chi connectivity index (χ3n) is 5.16. The molecule has 11 heteroatoms. The van der Waals surface area contributed by atoms with Gasteiger partial charge in [-0.25, -0.2) is 18.4 Å². The van der Waals surface area contributed by atoms with Crippen LogP contribution in [0.25, 0.3) is 0 Å². The zero-order valence-electron chi connectivity index (χ0n) is 17.8. The van der Waals surface area contributed by atoms with Crippen LogP contribution in [0.15, 0.2) is 48.0 Å². The highest BCUT2D eigenvalue weighted by atomic mass is 32.2. The summed E-state index contributed by atoms with van der Waals surface area (Å²) in [6.45, 7) is 7.74. The first kappa shape index (κ1) is 21.2. The van der Waals surface area contributed by atoms with Gasteiger partial charge in [0, 0.05) is 44.6 Å². The summed E-state index contributed by atoms with van der Waals surface area (Å²) >= 11 is 0. The number of nitrogens with zero attached hydrogens (tertiary/aromatic N) is 7. The van der Waals surface area contributed by atoms with Crippen molar-refractivity contribution < 1.29 is 8.42 Å². The van der Waals surface area contributed by atoms with E-state index in [4.69, 9.17) is 0 Å². The van der Waals surface area contributed by atoms with Crippen molar-refractivity contribution in [1.29, 1.82) is 0 Å². The van der Waals surface area contributed by atoms with E-state index in [1.54, 1.807) is 23.3 Å². The molecule has 1 aliphatic rings. The van der Waals surface area contributed by atoms with E-state index in [1.807, 2.05) is 49.9 Å². The van der Waals surface area contributed by atoms with Crippen LogP contribution >= 0.6 is 0 Å². The Balaban J connectivity index is 1.37. The molecule has 1 aliphatic heterocycles. The number of pyridine rings is 1. The minimum atomic E-state index is -3.60. The molecule has 3 aromatic heterocycles. The molecule has 4 heterocycles. The first-order valence-electron chi connectivity index (χ1n) is 10.1. The molecule has 0 atom stereocenters. The summed E-state index contributed by atoms with van der Waals surface area (Å²) in [5, 5.41) is 11.7. The topological polar surface area (TPSA) is 109 Å². The molecule has 0 spiro atoms. The highest BCUT2D eigenvalue weighted by Gasteiger charge is 2.30. The molecule has 1 N–H and O–H groups in total. The van der Waals surface area contributed by atoms with E-state index in [2.05, 4.69) is 25.5 Å². The maximum atomic E-state index is 12.9. The quantitative estimate of drug-likeness (QED) is 0.619. The van der Waals surface area contributed by atoms with Crippen molar-refractivity contribution >= 4 is 27.5 Å². The molecule has 0 aromatic carbocycles. The standard InChI is InChI=1S/C20H26N8O2S/c1-15(2)27-13-20(22-14-27)31(29,30)28-10-8-26(9-11-28)19-7-6-18(24-25-19)23-17-5-4-16(3)12-21-17/h4-7,12-15H,8-11H2,1-3H3,(H,21,23,24). The van der Waals surface area contributed by atoms with Gasteiger partial charge >= 0.3 is 0 Å². The van der Waals surface area contributed by atoms with Crippen molar-refractivity contribution in [1.82, 2.24) is 29.0 Å². The highest BCUT2D eigenvalue weighted by Crippen LogP contribution is 2.21. The van der Waals surface area contributed by atoms with Gasteiger partial charge in [-0.3, -0.25) is 0 Å². The molecule has 31 heavy (non-hydrogen) atoms. The Hall–Kier alpha value is -3.05. The Morgan fingerprint density at radius 1 is 0.968 bits per heavy atom. The summed E-state index contributed by atoms with van der Waals surface area (Å²) in [7, 11) is -3.60. The second-order valence-corrected chi connectivity index (χ2v) is 9.65. The lowest BCUT2D eigenvalue weighted by molar-refractivity contribution is 0.382.